The normalized spacial score (nSPS) is 39.7. The van der Waals surface area contributed by atoms with Crippen molar-refractivity contribution in [3.05, 3.63) is 0 Å². The van der Waals surface area contributed by atoms with Crippen LogP contribution in [-0.4, -0.2) is 24.7 Å². The van der Waals surface area contributed by atoms with Crippen molar-refractivity contribution in [1.82, 2.24) is 10.6 Å². The van der Waals surface area contributed by atoms with Crippen LogP contribution in [0.1, 0.15) is 58.3 Å². The Hall–Kier alpha value is -0.0800. The molecule has 0 bridgehead atoms. The van der Waals surface area contributed by atoms with Crippen LogP contribution in [0.3, 0.4) is 0 Å². The third-order valence-electron chi connectivity index (χ3n) is 5.07. The van der Waals surface area contributed by atoms with E-state index < -0.39 is 0 Å². The van der Waals surface area contributed by atoms with E-state index in [4.69, 9.17) is 0 Å². The molecule has 2 heteroatoms. The Morgan fingerprint density at radius 3 is 2.71 bits per heavy atom. The van der Waals surface area contributed by atoms with E-state index in [0.29, 0.717) is 0 Å². The molecule has 0 aromatic heterocycles. The zero-order valence-corrected chi connectivity index (χ0v) is 11.3. The Morgan fingerprint density at radius 2 is 2.00 bits per heavy atom. The molecule has 0 spiro atoms. The van der Waals surface area contributed by atoms with Gasteiger partial charge >= 0.3 is 0 Å². The van der Waals surface area contributed by atoms with Gasteiger partial charge in [0.25, 0.3) is 0 Å². The smallest absolute Gasteiger partial charge is 0.0113 e. The van der Waals surface area contributed by atoms with E-state index in [-0.39, 0.29) is 0 Å². The van der Waals surface area contributed by atoms with E-state index in [1.807, 2.05) is 0 Å². The fourth-order valence-electron chi connectivity index (χ4n) is 4.04. The van der Waals surface area contributed by atoms with E-state index in [2.05, 4.69) is 17.6 Å². The van der Waals surface area contributed by atoms with Crippen molar-refractivity contribution < 1.29 is 0 Å². The van der Waals surface area contributed by atoms with Gasteiger partial charge < -0.3 is 10.6 Å². The first-order valence-electron chi connectivity index (χ1n) is 7.82. The van der Waals surface area contributed by atoms with Crippen LogP contribution in [0, 0.1) is 11.8 Å². The van der Waals surface area contributed by atoms with Gasteiger partial charge in [-0.3, -0.25) is 0 Å². The summed E-state index contributed by atoms with van der Waals surface area (Å²) in [5.74, 6) is 1.97. The minimum absolute atomic E-state index is 0.745. The second-order valence-corrected chi connectivity index (χ2v) is 6.65. The molecule has 1 heterocycles. The molecule has 4 unspecified atom stereocenters. The second kappa shape index (κ2) is 5.27. The zero-order chi connectivity index (χ0) is 11.7. The van der Waals surface area contributed by atoms with Gasteiger partial charge in [0.2, 0.25) is 0 Å². The van der Waals surface area contributed by atoms with E-state index in [0.717, 1.165) is 30.0 Å². The summed E-state index contributed by atoms with van der Waals surface area (Å²) < 4.78 is 0. The topological polar surface area (TPSA) is 24.1 Å². The average Bonchev–Trinajstić information content (AvgIpc) is 2.83. The molecule has 2 saturated carbocycles. The SMILES string of the molecule is CC(CC1CC1)NC1CCCC1C1CCCN1. The van der Waals surface area contributed by atoms with Crippen LogP contribution in [0.5, 0.6) is 0 Å². The van der Waals surface area contributed by atoms with Gasteiger partial charge in [-0.15, -0.1) is 0 Å². The lowest BCUT2D eigenvalue weighted by Crippen LogP contribution is -2.45. The Bertz CT molecular complexity index is 243. The molecule has 3 fully saturated rings. The van der Waals surface area contributed by atoms with Gasteiger partial charge in [-0.05, 0) is 57.4 Å². The lowest BCUT2D eigenvalue weighted by Gasteiger charge is -2.29. The van der Waals surface area contributed by atoms with Crippen molar-refractivity contribution in [2.24, 2.45) is 11.8 Å². The Morgan fingerprint density at radius 1 is 1.12 bits per heavy atom. The van der Waals surface area contributed by atoms with Gasteiger partial charge in [-0.1, -0.05) is 19.3 Å². The fraction of sp³-hybridized carbons (Fsp3) is 1.00. The lowest BCUT2D eigenvalue weighted by molar-refractivity contribution is 0.294. The second-order valence-electron chi connectivity index (χ2n) is 6.65. The standard InChI is InChI=1S/C15H28N2/c1-11(10-12-7-8-12)17-15-5-2-4-13(15)14-6-3-9-16-14/h11-17H,2-10H2,1H3. The maximum absolute atomic E-state index is 3.94. The molecule has 1 saturated heterocycles. The molecule has 1 aliphatic heterocycles. The molecule has 0 radical (unpaired) electrons. The summed E-state index contributed by atoms with van der Waals surface area (Å²) in [5, 5.41) is 7.65. The molecule has 2 nitrogen and oxygen atoms in total. The molecule has 2 aliphatic carbocycles. The number of hydrogen-bond donors (Lipinski definition) is 2. The molecule has 2 N–H and O–H groups in total. The molecular formula is C15H28N2. The maximum Gasteiger partial charge on any atom is 0.0113 e. The van der Waals surface area contributed by atoms with Crippen molar-refractivity contribution >= 4 is 0 Å². The highest BCUT2D eigenvalue weighted by molar-refractivity contribution is 4.94. The van der Waals surface area contributed by atoms with Crippen molar-refractivity contribution in [3.63, 3.8) is 0 Å². The minimum Gasteiger partial charge on any atom is -0.314 e. The Balaban J connectivity index is 1.49. The Kier molecular flexibility index (Phi) is 3.72. The lowest BCUT2D eigenvalue weighted by atomic mass is 9.92. The Labute approximate surface area is 106 Å². The highest BCUT2D eigenvalue weighted by atomic mass is 15.0. The van der Waals surface area contributed by atoms with Gasteiger partial charge in [0.15, 0.2) is 0 Å². The zero-order valence-electron chi connectivity index (χ0n) is 11.3. The van der Waals surface area contributed by atoms with Gasteiger partial charge in [-0.25, -0.2) is 0 Å². The highest BCUT2D eigenvalue weighted by Crippen LogP contribution is 2.35. The number of rotatable bonds is 5. The average molecular weight is 236 g/mol. The van der Waals surface area contributed by atoms with Crippen LogP contribution in [0.25, 0.3) is 0 Å². The summed E-state index contributed by atoms with van der Waals surface area (Å²) in [6, 6.07) is 2.37. The van der Waals surface area contributed by atoms with Crippen molar-refractivity contribution in [3.8, 4) is 0 Å². The molecule has 98 valence electrons. The molecule has 0 aromatic rings. The largest absolute Gasteiger partial charge is 0.314 e. The predicted molar refractivity (Wildman–Crippen MR) is 72.1 cm³/mol. The summed E-state index contributed by atoms with van der Waals surface area (Å²) in [4.78, 5) is 0. The van der Waals surface area contributed by atoms with Gasteiger partial charge in [0.05, 0.1) is 0 Å². The summed E-state index contributed by atoms with van der Waals surface area (Å²) in [7, 11) is 0. The summed E-state index contributed by atoms with van der Waals surface area (Å²) in [5.41, 5.74) is 0. The monoisotopic (exact) mass is 236 g/mol. The summed E-state index contributed by atoms with van der Waals surface area (Å²) >= 11 is 0. The quantitative estimate of drug-likeness (QED) is 0.767. The van der Waals surface area contributed by atoms with E-state index in [1.165, 1.54) is 57.9 Å². The molecule has 0 amide bonds. The van der Waals surface area contributed by atoms with Crippen LogP contribution >= 0.6 is 0 Å². The molecular weight excluding hydrogens is 208 g/mol. The summed E-state index contributed by atoms with van der Waals surface area (Å²) in [6.07, 6.45) is 11.5. The number of nitrogens with one attached hydrogen (secondary N) is 2. The first-order valence-corrected chi connectivity index (χ1v) is 7.82. The molecule has 3 aliphatic rings. The van der Waals surface area contributed by atoms with Crippen LogP contribution in [0.15, 0.2) is 0 Å². The predicted octanol–water partition coefficient (Wildman–Crippen LogP) is 2.69. The number of hydrogen-bond acceptors (Lipinski definition) is 2. The molecule has 0 aromatic carbocycles. The van der Waals surface area contributed by atoms with Crippen molar-refractivity contribution in [1.29, 1.82) is 0 Å². The third-order valence-corrected chi connectivity index (χ3v) is 5.07. The van der Waals surface area contributed by atoms with Crippen LogP contribution in [-0.2, 0) is 0 Å². The first kappa shape index (κ1) is 12.0. The third kappa shape index (κ3) is 3.03. The van der Waals surface area contributed by atoms with Crippen molar-refractivity contribution in [2.75, 3.05) is 6.54 Å². The molecule has 3 rings (SSSR count). The van der Waals surface area contributed by atoms with Gasteiger partial charge in [0, 0.05) is 18.1 Å². The fourth-order valence-corrected chi connectivity index (χ4v) is 4.04. The van der Waals surface area contributed by atoms with Crippen LogP contribution in [0.2, 0.25) is 0 Å². The molecule has 4 atom stereocenters. The first-order chi connectivity index (χ1) is 8.33. The molecule has 17 heavy (non-hydrogen) atoms. The van der Waals surface area contributed by atoms with E-state index >= 15 is 0 Å². The van der Waals surface area contributed by atoms with E-state index in [9.17, 15) is 0 Å². The van der Waals surface area contributed by atoms with Crippen LogP contribution < -0.4 is 10.6 Å². The van der Waals surface area contributed by atoms with Gasteiger partial charge in [0.1, 0.15) is 0 Å². The minimum atomic E-state index is 0.745. The highest BCUT2D eigenvalue weighted by Gasteiger charge is 2.35. The maximum atomic E-state index is 3.94. The van der Waals surface area contributed by atoms with Crippen molar-refractivity contribution in [2.45, 2.75) is 76.4 Å². The van der Waals surface area contributed by atoms with Crippen LogP contribution in [0.4, 0.5) is 0 Å². The van der Waals surface area contributed by atoms with Gasteiger partial charge in [-0.2, -0.15) is 0 Å². The summed E-state index contributed by atoms with van der Waals surface area (Å²) in [6.45, 7) is 3.65. The van der Waals surface area contributed by atoms with E-state index in [1.54, 1.807) is 0 Å².